The minimum Gasteiger partial charge on any atom is -0.444 e. The van der Waals surface area contributed by atoms with Gasteiger partial charge < -0.3 is 24.7 Å². The Bertz CT molecular complexity index is 1180. The average Bonchev–Trinajstić information content (AvgIpc) is 3.21. The minimum atomic E-state index is -0.490. The fourth-order valence-electron chi connectivity index (χ4n) is 3.87. The molecule has 35 heavy (non-hydrogen) atoms. The summed E-state index contributed by atoms with van der Waals surface area (Å²) in [5.41, 5.74) is 3.72. The number of hydrogen-bond donors (Lipinski definition) is 2. The number of hydrogen-bond acceptors (Lipinski definition) is 6. The van der Waals surface area contributed by atoms with Crippen LogP contribution in [0.1, 0.15) is 37.7 Å². The highest BCUT2D eigenvalue weighted by atomic mass is 16.6. The number of anilines is 1. The number of pyridine rings is 2. The molecule has 1 fully saturated rings. The van der Waals surface area contributed by atoms with Crippen molar-refractivity contribution in [2.45, 2.75) is 46.4 Å². The van der Waals surface area contributed by atoms with E-state index in [4.69, 9.17) is 9.72 Å². The molecule has 0 atom stereocenters. The van der Waals surface area contributed by atoms with Crippen LogP contribution < -0.4 is 10.6 Å². The molecular weight excluding hydrogens is 446 g/mol. The highest BCUT2D eigenvalue weighted by Gasteiger charge is 2.26. The Hall–Kier alpha value is -3.66. The summed E-state index contributed by atoms with van der Waals surface area (Å²) in [5.74, 6) is 0. The van der Waals surface area contributed by atoms with Gasteiger partial charge in [0.2, 0.25) is 0 Å². The number of ether oxygens (including phenoxy) is 1. The number of nitrogens with one attached hydrogen (secondary N) is 2. The Morgan fingerprint density at radius 3 is 2.57 bits per heavy atom. The Morgan fingerprint density at radius 2 is 1.89 bits per heavy atom. The predicted octanol–water partition coefficient (Wildman–Crippen LogP) is 3.41. The highest BCUT2D eigenvalue weighted by Crippen LogP contribution is 2.16. The second kappa shape index (κ2) is 10.3. The lowest BCUT2D eigenvalue weighted by Crippen LogP contribution is -2.49. The van der Waals surface area contributed by atoms with Crippen molar-refractivity contribution in [3.8, 4) is 0 Å². The molecule has 10 nitrogen and oxygen atoms in total. The van der Waals surface area contributed by atoms with E-state index in [1.165, 1.54) is 0 Å². The summed E-state index contributed by atoms with van der Waals surface area (Å²) < 4.78 is 7.45. The van der Waals surface area contributed by atoms with Gasteiger partial charge in [0, 0.05) is 62.9 Å². The molecular formula is C25H33N7O3. The summed E-state index contributed by atoms with van der Waals surface area (Å²) in [6.45, 7) is 11.3. The standard InChI is InChI=1S/C25H33N7O3/c1-18-7-8-20(15-26-18)29-23(33)27-14-19-6-5-9-32-17-21(28-22(19)32)16-30-10-12-31(13-11-30)24(34)35-25(2,3)4/h5-9,15,17H,10-14,16H2,1-4H3,(H2,27,29,33). The van der Waals surface area contributed by atoms with Crippen molar-refractivity contribution >= 4 is 23.5 Å². The zero-order valence-corrected chi connectivity index (χ0v) is 20.7. The molecule has 4 heterocycles. The molecule has 0 radical (unpaired) electrons. The molecule has 186 valence electrons. The Balaban J connectivity index is 1.32. The van der Waals surface area contributed by atoms with Crippen LogP contribution in [0.5, 0.6) is 0 Å². The number of aromatic nitrogens is 3. The van der Waals surface area contributed by atoms with E-state index in [0.29, 0.717) is 31.9 Å². The Kier molecular flexibility index (Phi) is 7.20. The van der Waals surface area contributed by atoms with Crippen molar-refractivity contribution in [1.29, 1.82) is 0 Å². The summed E-state index contributed by atoms with van der Waals surface area (Å²) in [7, 11) is 0. The van der Waals surface area contributed by atoms with Gasteiger partial charge in [0.25, 0.3) is 0 Å². The second-order valence-corrected chi connectivity index (χ2v) is 9.74. The first-order valence-corrected chi connectivity index (χ1v) is 11.8. The monoisotopic (exact) mass is 479 g/mol. The van der Waals surface area contributed by atoms with Crippen LogP contribution in [0.4, 0.5) is 15.3 Å². The van der Waals surface area contributed by atoms with Crippen LogP contribution in [0, 0.1) is 6.92 Å². The van der Waals surface area contributed by atoms with E-state index < -0.39 is 5.60 Å². The SMILES string of the molecule is Cc1ccc(NC(=O)NCc2cccn3cc(CN4CCN(C(=O)OC(C)(C)C)CC4)nc23)cn1. The maximum absolute atomic E-state index is 12.3. The molecule has 10 heteroatoms. The summed E-state index contributed by atoms with van der Waals surface area (Å²) in [4.78, 5) is 37.6. The number of nitrogens with zero attached hydrogens (tertiary/aromatic N) is 5. The molecule has 0 aromatic carbocycles. The van der Waals surface area contributed by atoms with Crippen LogP contribution in [0.2, 0.25) is 0 Å². The average molecular weight is 480 g/mol. The first-order valence-electron chi connectivity index (χ1n) is 11.8. The molecule has 4 rings (SSSR count). The van der Waals surface area contributed by atoms with E-state index in [0.717, 1.165) is 35.7 Å². The van der Waals surface area contributed by atoms with Crippen molar-refractivity contribution in [1.82, 2.24) is 29.5 Å². The van der Waals surface area contributed by atoms with Gasteiger partial charge in [0.15, 0.2) is 0 Å². The van der Waals surface area contributed by atoms with E-state index in [1.54, 1.807) is 11.1 Å². The van der Waals surface area contributed by atoms with Gasteiger partial charge in [0.05, 0.1) is 17.6 Å². The maximum atomic E-state index is 12.3. The first-order chi connectivity index (χ1) is 16.7. The highest BCUT2D eigenvalue weighted by molar-refractivity contribution is 5.89. The third-order valence-corrected chi connectivity index (χ3v) is 5.63. The van der Waals surface area contributed by atoms with Gasteiger partial charge in [-0.15, -0.1) is 0 Å². The number of piperazine rings is 1. The van der Waals surface area contributed by atoms with Crippen LogP contribution in [0.3, 0.4) is 0 Å². The van der Waals surface area contributed by atoms with Crippen molar-refractivity contribution in [2.75, 3.05) is 31.5 Å². The van der Waals surface area contributed by atoms with Crippen LogP contribution >= 0.6 is 0 Å². The molecule has 2 N–H and O–H groups in total. The largest absolute Gasteiger partial charge is 0.444 e. The fraction of sp³-hybridized carbons (Fsp3) is 0.440. The molecule has 3 amide bonds. The molecule has 0 unspecified atom stereocenters. The summed E-state index contributed by atoms with van der Waals surface area (Å²) in [6.07, 6.45) is 5.33. The third-order valence-electron chi connectivity index (χ3n) is 5.63. The van der Waals surface area contributed by atoms with E-state index >= 15 is 0 Å². The van der Waals surface area contributed by atoms with Crippen molar-refractivity contribution < 1.29 is 14.3 Å². The number of amides is 3. The maximum Gasteiger partial charge on any atom is 0.410 e. The molecule has 1 saturated heterocycles. The number of carbonyl (C=O) groups excluding carboxylic acids is 2. The van der Waals surface area contributed by atoms with E-state index in [-0.39, 0.29) is 12.1 Å². The smallest absolute Gasteiger partial charge is 0.410 e. The summed E-state index contributed by atoms with van der Waals surface area (Å²) in [6, 6.07) is 7.26. The Labute approximate surface area is 205 Å². The fourth-order valence-corrected chi connectivity index (χ4v) is 3.87. The van der Waals surface area contributed by atoms with E-state index in [9.17, 15) is 9.59 Å². The van der Waals surface area contributed by atoms with Crippen LogP contribution in [-0.2, 0) is 17.8 Å². The normalized spacial score (nSPS) is 14.7. The third kappa shape index (κ3) is 6.69. The second-order valence-electron chi connectivity index (χ2n) is 9.74. The quantitative estimate of drug-likeness (QED) is 0.581. The van der Waals surface area contributed by atoms with E-state index in [2.05, 4.69) is 20.5 Å². The number of imidazole rings is 1. The Morgan fingerprint density at radius 1 is 1.11 bits per heavy atom. The lowest BCUT2D eigenvalue weighted by Gasteiger charge is -2.35. The topological polar surface area (TPSA) is 104 Å². The lowest BCUT2D eigenvalue weighted by atomic mass is 10.2. The van der Waals surface area contributed by atoms with Gasteiger partial charge in [-0.05, 0) is 45.9 Å². The number of urea groups is 1. The zero-order chi connectivity index (χ0) is 25.0. The lowest BCUT2D eigenvalue weighted by molar-refractivity contribution is 0.0138. The molecule has 1 aliphatic heterocycles. The van der Waals surface area contributed by atoms with Crippen LogP contribution in [0.25, 0.3) is 5.65 Å². The first kappa shape index (κ1) is 24.5. The molecule has 3 aromatic heterocycles. The number of carbonyl (C=O) groups is 2. The number of aryl methyl sites for hydroxylation is 1. The van der Waals surface area contributed by atoms with Gasteiger partial charge in [-0.25, -0.2) is 14.6 Å². The number of rotatable bonds is 5. The van der Waals surface area contributed by atoms with Crippen LogP contribution in [-0.4, -0.2) is 68.1 Å². The van der Waals surface area contributed by atoms with Crippen molar-refractivity contribution in [2.24, 2.45) is 0 Å². The molecule has 0 aliphatic carbocycles. The van der Waals surface area contributed by atoms with Gasteiger partial charge in [-0.1, -0.05) is 6.07 Å². The van der Waals surface area contributed by atoms with Gasteiger partial charge in [-0.3, -0.25) is 9.88 Å². The number of fused-ring (bicyclic) bond motifs is 1. The van der Waals surface area contributed by atoms with Gasteiger partial charge >= 0.3 is 12.1 Å². The minimum absolute atomic E-state index is 0.260. The van der Waals surface area contributed by atoms with Gasteiger partial charge in [-0.2, -0.15) is 0 Å². The molecule has 0 bridgehead atoms. The zero-order valence-electron chi connectivity index (χ0n) is 20.7. The van der Waals surface area contributed by atoms with Crippen LogP contribution in [0.15, 0.2) is 42.9 Å². The summed E-state index contributed by atoms with van der Waals surface area (Å²) >= 11 is 0. The molecule has 0 spiro atoms. The van der Waals surface area contributed by atoms with Crippen molar-refractivity contribution in [3.63, 3.8) is 0 Å². The van der Waals surface area contributed by atoms with E-state index in [1.807, 2.05) is 68.8 Å². The molecule has 3 aromatic rings. The van der Waals surface area contributed by atoms with Gasteiger partial charge in [0.1, 0.15) is 11.2 Å². The predicted molar refractivity (Wildman–Crippen MR) is 133 cm³/mol. The summed E-state index contributed by atoms with van der Waals surface area (Å²) in [5, 5.41) is 5.67. The van der Waals surface area contributed by atoms with Crippen molar-refractivity contribution in [3.05, 3.63) is 59.8 Å². The molecule has 0 saturated carbocycles. The molecule has 1 aliphatic rings.